The molecule has 0 amide bonds. The first-order chi connectivity index (χ1) is 9.63. The number of nitrogens with zero attached hydrogens (tertiary/aromatic N) is 2. The fraction of sp³-hybridized carbons (Fsp3) is 0.812. The van der Waals surface area contributed by atoms with Crippen molar-refractivity contribution in [1.82, 2.24) is 9.78 Å². The van der Waals surface area contributed by atoms with E-state index in [1.165, 1.54) is 23.4 Å². The lowest BCUT2D eigenvalue weighted by Gasteiger charge is -2.10. The lowest BCUT2D eigenvalue weighted by Crippen LogP contribution is -2.19. The van der Waals surface area contributed by atoms with Crippen LogP contribution in [-0.4, -0.2) is 29.0 Å². The Morgan fingerprint density at radius 2 is 1.95 bits per heavy atom. The third-order valence-electron chi connectivity index (χ3n) is 3.54. The summed E-state index contributed by atoms with van der Waals surface area (Å²) >= 11 is 0. The molecule has 1 aromatic rings. The Labute approximate surface area is 123 Å². The summed E-state index contributed by atoms with van der Waals surface area (Å²) in [4.78, 5) is 0. The van der Waals surface area contributed by atoms with E-state index in [0.717, 1.165) is 45.4 Å². The molecule has 1 unspecified atom stereocenters. The van der Waals surface area contributed by atoms with E-state index in [0.29, 0.717) is 0 Å². The molecular weight excluding hydrogens is 250 g/mol. The van der Waals surface area contributed by atoms with Crippen molar-refractivity contribution in [1.29, 1.82) is 0 Å². The Morgan fingerprint density at radius 3 is 2.50 bits per heavy atom. The first-order valence-electron chi connectivity index (χ1n) is 8.04. The molecule has 1 heterocycles. The molecule has 0 saturated carbocycles. The van der Waals surface area contributed by atoms with Crippen LogP contribution in [0.3, 0.4) is 0 Å². The Balaban J connectivity index is 2.72. The molecule has 0 aliphatic heterocycles. The van der Waals surface area contributed by atoms with Crippen LogP contribution in [-0.2, 0) is 30.5 Å². The summed E-state index contributed by atoms with van der Waals surface area (Å²) in [5, 5.41) is 4.75. The highest BCUT2D eigenvalue weighted by molar-refractivity contribution is 5.27. The molecule has 4 heteroatoms. The highest BCUT2D eigenvalue weighted by Gasteiger charge is 2.16. The van der Waals surface area contributed by atoms with Crippen molar-refractivity contribution in [3.8, 4) is 0 Å². The Kier molecular flexibility index (Phi) is 7.85. The highest BCUT2D eigenvalue weighted by atomic mass is 16.5. The third-order valence-corrected chi connectivity index (χ3v) is 3.54. The second-order valence-electron chi connectivity index (χ2n) is 5.45. The summed E-state index contributed by atoms with van der Waals surface area (Å²) in [6.45, 7) is 11.0. The molecule has 1 rings (SSSR count). The van der Waals surface area contributed by atoms with Gasteiger partial charge in [0.2, 0.25) is 0 Å². The van der Waals surface area contributed by atoms with Crippen molar-refractivity contribution in [3.63, 3.8) is 0 Å². The van der Waals surface area contributed by atoms with Gasteiger partial charge in [0, 0.05) is 18.3 Å². The van der Waals surface area contributed by atoms with Crippen LogP contribution in [0.4, 0.5) is 0 Å². The number of ether oxygens (including phenoxy) is 1. The van der Waals surface area contributed by atoms with Crippen molar-refractivity contribution >= 4 is 0 Å². The van der Waals surface area contributed by atoms with E-state index in [-0.39, 0.29) is 6.04 Å². The van der Waals surface area contributed by atoms with Gasteiger partial charge in [0.15, 0.2) is 0 Å². The molecule has 0 fully saturated rings. The van der Waals surface area contributed by atoms with Crippen LogP contribution in [0.1, 0.15) is 57.5 Å². The molecule has 4 nitrogen and oxygen atoms in total. The maximum atomic E-state index is 5.97. The van der Waals surface area contributed by atoms with E-state index in [2.05, 4.69) is 32.4 Å². The predicted octanol–water partition coefficient (Wildman–Crippen LogP) is 2.71. The van der Waals surface area contributed by atoms with E-state index in [1.807, 2.05) is 0 Å². The maximum absolute atomic E-state index is 5.97. The fourth-order valence-corrected chi connectivity index (χ4v) is 2.51. The van der Waals surface area contributed by atoms with E-state index >= 15 is 0 Å². The molecule has 1 aromatic heterocycles. The van der Waals surface area contributed by atoms with Gasteiger partial charge in [-0.1, -0.05) is 27.2 Å². The molecule has 2 N–H and O–H groups in total. The lowest BCUT2D eigenvalue weighted by molar-refractivity contribution is 0.120. The molecule has 116 valence electrons. The van der Waals surface area contributed by atoms with Gasteiger partial charge in [0.05, 0.1) is 18.8 Å². The van der Waals surface area contributed by atoms with E-state index in [1.54, 1.807) is 0 Å². The zero-order chi connectivity index (χ0) is 15.0. The molecule has 1 atom stereocenters. The average Bonchev–Trinajstić information content (AvgIpc) is 2.74. The summed E-state index contributed by atoms with van der Waals surface area (Å²) in [7, 11) is 0. The van der Waals surface area contributed by atoms with Crippen molar-refractivity contribution < 1.29 is 4.74 Å². The van der Waals surface area contributed by atoms with Crippen LogP contribution in [0.2, 0.25) is 0 Å². The van der Waals surface area contributed by atoms with Gasteiger partial charge in [-0.3, -0.25) is 4.68 Å². The molecule has 0 aromatic carbocycles. The standard InChI is InChI=1S/C16H31N3O/c1-5-8-10-20-11-9-19-16(7-3)14(12-13(4)17)15(6-2)18-19/h13H,5-12,17H2,1-4H3. The number of rotatable bonds is 10. The van der Waals surface area contributed by atoms with E-state index in [4.69, 9.17) is 15.6 Å². The molecule has 0 radical (unpaired) electrons. The summed E-state index contributed by atoms with van der Waals surface area (Å²) < 4.78 is 7.78. The lowest BCUT2D eigenvalue weighted by atomic mass is 10.0. The summed E-state index contributed by atoms with van der Waals surface area (Å²) in [6, 6.07) is 0.184. The Morgan fingerprint density at radius 1 is 1.20 bits per heavy atom. The number of aromatic nitrogens is 2. The Bertz CT molecular complexity index is 385. The fourth-order valence-electron chi connectivity index (χ4n) is 2.51. The quantitative estimate of drug-likeness (QED) is 0.671. The number of hydrogen-bond donors (Lipinski definition) is 1. The van der Waals surface area contributed by atoms with Crippen molar-refractivity contribution in [2.45, 2.75) is 72.4 Å². The topological polar surface area (TPSA) is 53.1 Å². The maximum Gasteiger partial charge on any atom is 0.0662 e. The third kappa shape index (κ3) is 4.91. The van der Waals surface area contributed by atoms with Gasteiger partial charge in [-0.2, -0.15) is 5.10 Å². The van der Waals surface area contributed by atoms with Crippen LogP contribution in [0.25, 0.3) is 0 Å². The van der Waals surface area contributed by atoms with Gasteiger partial charge in [-0.25, -0.2) is 0 Å². The molecular formula is C16H31N3O. The zero-order valence-electron chi connectivity index (χ0n) is 13.6. The monoisotopic (exact) mass is 281 g/mol. The van der Waals surface area contributed by atoms with Crippen LogP contribution >= 0.6 is 0 Å². The number of aryl methyl sites for hydroxylation is 1. The molecule has 0 bridgehead atoms. The van der Waals surface area contributed by atoms with Gasteiger partial charge >= 0.3 is 0 Å². The van der Waals surface area contributed by atoms with Crippen LogP contribution in [0, 0.1) is 0 Å². The second-order valence-corrected chi connectivity index (χ2v) is 5.45. The molecule has 0 aliphatic carbocycles. The molecule has 20 heavy (non-hydrogen) atoms. The van der Waals surface area contributed by atoms with Gasteiger partial charge in [-0.15, -0.1) is 0 Å². The number of nitrogens with two attached hydrogens (primary N) is 1. The zero-order valence-corrected chi connectivity index (χ0v) is 13.6. The normalized spacial score (nSPS) is 12.8. The van der Waals surface area contributed by atoms with Gasteiger partial charge < -0.3 is 10.5 Å². The minimum atomic E-state index is 0.184. The summed E-state index contributed by atoms with van der Waals surface area (Å²) in [5.41, 5.74) is 9.87. The first kappa shape index (κ1) is 17.2. The molecule has 0 aliphatic rings. The molecule has 0 saturated heterocycles. The van der Waals surface area contributed by atoms with E-state index in [9.17, 15) is 0 Å². The van der Waals surface area contributed by atoms with Gasteiger partial charge in [0.25, 0.3) is 0 Å². The average molecular weight is 281 g/mol. The van der Waals surface area contributed by atoms with Crippen LogP contribution in [0.15, 0.2) is 0 Å². The highest BCUT2D eigenvalue weighted by Crippen LogP contribution is 2.18. The minimum Gasteiger partial charge on any atom is -0.380 e. The largest absolute Gasteiger partial charge is 0.380 e. The minimum absolute atomic E-state index is 0.184. The smallest absolute Gasteiger partial charge is 0.0662 e. The SMILES string of the molecule is CCCCOCCn1nc(CC)c(CC(C)N)c1CC. The number of hydrogen-bond acceptors (Lipinski definition) is 3. The second kappa shape index (κ2) is 9.14. The summed E-state index contributed by atoms with van der Waals surface area (Å²) in [5.74, 6) is 0. The van der Waals surface area contributed by atoms with Crippen molar-refractivity contribution in [2.75, 3.05) is 13.2 Å². The molecule has 0 spiro atoms. The van der Waals surface area contributed by atoms with Crippen LogP contribution in [0.5, 0.6) is 0 Å². The number of unbranched alkanes of at least 4 members (excludes halogenated alkanes) is 1. The van der Waals surface area contributed by atoms with Gasteiger partial charge in [0.1, 0.15) is 0 Å². The first-order valence-corrected chi connectivity index (χ1v) is 8.04. The van der Waals surface area contributed by atoms with Crippen molar-refractivity contribution in [3.05, 3.63) is 17.0 Å². The summed E-state index contributed by atoms with van der Waals surface area (Å²) in [6.07, 6.45) is 5.21. The van der Waals surface area contributed by atoms with Crippen molar-refractivity contribution in [2.24, 2.45) is 5.73 Å². The van der Waals surface area contributed by atoms with Gasteiger partial charge in [-0.05, 0) is 38.2 Å². The van der Waals surface area contributed by atoms with E-state index < -0.39 is 0 Å². The predicted molar refractivity (Wildman–Crippen MR) is 84.1 cm³/mol. The van der Waals surface area contributed by atoms with Crippen LogP contribution < -0.4 is 5.73 Å². The Hall–Kier alpha value is -0.870.